The highest BCUT2D eigenvalue weighted by molar-refractivity contribution is 7.47. The van der Waals surface area contributed by atoms with Gasteiger partial charge in [0, 0.05) is 6.42 Å². The van der Waals surface area contributed by atoms with Crippen molar-refractivity contribution in [1.29, 1.82) is 0 Å². The second kappa shape index (κ2) is 52.1. The molecule has 0 aromatic rings. The summed E-state index contributed by atoms with van der Waals surface area (Å²) in [6.45, 7) is 4.80. The Morgan fingerprint density at radius 3 is 1.23 bits per heavy atom. The molecular formula is C61H116N2O6P+. The number of allylic oxidation sites excluding steroid dienone is 9. The molecule has 0 spiro atoms. The maximum atomic E-state index is 13.0. The first kappa shape index (κ1) is 68.2. The number of phosphoric ester groups is 1. The minimum absolute atomic E-state index is 0.0522. The third kappa shape index (κ3) is 54.0. The van der Waals surface area contributed by atoms with E-state index in [-0.39, 0.29) is 19.1 Å². The molecule has 0 aromatic heterocycles. The Balaban J connectivity index is 4.21. The molecular weight excluding hydrogens is 888 g/mol. The van der Waals surface area contributed by atoms with Crippen molar-refractivity contribution in [2.24, 2.45) is 0 Å². The molecule has 0 fully saturated rings. The highest BCUT2D eigenvalue weighted by Gasteiger charge is 2.27. The molecule has 0 radical (unpaired) electrons. The summed E-state index contributed by atoms with van der Waals surface area (Å²) in [4.78, 5) is 23.3. The fourth-order valence-corrected chi connectivity index (χ4v) is 9.25. The van der Waals surface area contributed by atoms with Crippen LogP contribution in [0.15, 0.2) is 60.8 Å². The van der Waals surface area contributed by atoms with Gasteiger partial charge in [0.05, 0.1) is 39.9 Å². The summed E-state index contributed by atoms with van der Waals surface area (Å²) in [5.41, 5.74) is 0. The molecule has 0 aliphatic carbocycles. The van der Waals surface area contributed by atoms with E-state index in [1.807, 2.05) is 27.2 Å². The number of rotatable bonds is 54. The van der Waals surface area contributed by atoms with E-state index in [1.54, 1.807) is 6.08 Å². The minimum Gasteiger partial charge on any atom is -0.387 e. The zero-order valence-corrected chi connectivity index (χ0v) is 47.7. The Bertz CT molecular complexity index is 1320. The van der Waals surface area contributed by atoms with Crippen molar-refractivity contribution in [3.8, 4) is 0 Å². The molecule has 0 saturated carbocycles. The average molecular weight is 1000 g/mol. The number of nitrogens with zero attached hydrogens (tertiary/aromatic N) is 1. The van der Waals surface area contributed by atoms with Crippen molar-refractivity contribution in [2.75, 3.05) is 40.9 Å². The molecule has 0 saturated heterocycles. The number of likely N-dealkylation sites (N-methyl/N-ethyl adjacent to an activating group) is 1. The van der Waals surface area contributed by atoms with E-state index in [2.05, 4.69) is 67.8 Å². The molecule has 70 heavy (non-hydrogen) atoms. The third-order valence-electron chi connectivity index (χ3n) is 13.2. The number of unbranched alkanes of at least 4 members (excludes halogenated alkanes) is 33. The lowest BCUT2D eigenvalue weighted by atomic mass is 10.0. The Hall–Kier alpha value is -1.80. The van der Waals surface area contributed by atoms with Crippen LogP contribution in [0, 0.1) is 0 Å². The number of carbonyl (C=O) groups excluding carboxylic acids is 1. The monoisotopic (exact) mass is 1000 g/mol. The van der Waals surface area contributed by atoms with Crippen LogP contribution in [0.3, 0.4) is 0 Å². The van der Waals surface area contributed by atoms with Crippen LogP contribution >= 0.6 is 7.82 Å². The van der Waals surface area contributed by atoms with Gasteiger partial charge in [-0.1, -0.05) is 248 Å². The Labute approximate surface area is 434 Å². The second-order valence-electron chi connectivity index (χ2n) is 21.3. The van der Waals surface area contributed by atoms with Gasteiger partial charge in [-0.3, -0.25) is 13.8 Å². The molecule has 1 amide bonds. The molecule has 3 N–H and O–H groups in total. The SMILES string of the molecule is CCCCCCCCCCC/C=C\C/C=C\CCCCCCCCCCCCCCCC(=O)NC(COP(=O)(O)OCC[N+](C)(C)C)C(O)/C=C/CC/C=C/CC/C=C/CCCCCCCCCCC. The van der Waals surface area contributed by atoms with Gasteiger partial charge in [0.15, 0.2) is 0 Å². The predicted molar refractivity (Wildman–Crippen MR) is 304 cm³/mol. The number of aliphatic hydroxyl groups excluding tert-OH is 1. The molecule has 9 heteroatoms. The van der Waals surface area contributed by atoms with Gasteiger partial charge in [-0.2, -0.15) is 0 Å². The zero-order chi connectivity index (χ0) is 51.3. The lowest BCUT2D eigenvalue weighted by molar-refractivity contribution is -0.870. The molecule has 0 bridgehead atoms. The average Bonchev–Trinajstić information content (AvgIpc) is 3.32. The maximum Gasteiger partial charge on any atom is 0.472 e. The highest BCUT2D eigenvalue weighted by atomic mass is 31.2. The molecule has 8 nitrogen and oxygen atoms in total. The summed E-state index contributed by atoms with van der Waals surface area (Å²) in [5, 5.41) is 13.9. The van der Waals surface area contributed by atoms with Crippen LogP contribution < -0.4 is 5.32 Å². The Morgan fingerprint density at radius 2 is 0.829 bits per heavy atom. The normalized spacial score (nSPS) is 14.3. The van der Waals surface area contributed by atoms with Crippen LogP contribution in [0.4, 0.5) is 0 Å². The van der Waals surface area contributed by atoms with Crippen molar-refractivity contribution in [1.82, 2.24) is 5.32 Å². The predicted octanol–water partition coefficient (Wildman–Crippen LogP) is 18.1. The lowest BCUT2D eigenvalue weighted by Crippen LogP contribution is -2.45. The standard InChI is InChI=1S/C61H115N2O6P/c1-6-8-10-12-14-16-18-20-22-24-26-27-28-29-30-31-32-33-34-35-37-39-41-43-45-47-49-51-53-55-61(65)62-59(58-69-70(66,67)68-57-56-63(3,4)5)60(64)54-52-50-48-46-44-42-40-38-36-25-23-21-19-17-15-13-11-9-7-2/h26-27,29-30,36,38,44,46,52,54,59-60,64H,6-25,28,31-35,37,39-43,45,47-51,53,55-58H2,1-5H3,(H-,62,65,66,67)/p+1/b27-26-,30-29-,38-36+,46-44+,54-52+. The van der Waals surface area contributed by atoms with Crippen LogP contribution in [0.5, 0.6) is 0 Å². The summed E-state index contributed by atoms with van der Waals surface area (Å²) in [6, 6.07) is -0.872. The summed E-state index contributed by atoms with van der Waals surface area (Å²) in [5.74, 6) is -0.191. The first-order valence-corrected chi connectivity index (χ1v) is 31.2. The Morgan fingerprint density at radius 1 is 0.486 bits per heavy atom. The van der Waals surface area contributed by atoms with E-state index in [4.69, 9.17) is 9.05 Å². The topological polar surface area (TPSA) is 105 Å². The summed E-state index contributed by atoms with van der Waals surface area (Å²) >= 11 is 0. The second-order valence-corrected chi connectivity index (χ2v) is 22.8. The van der Waals surface area contributed by atoms with Gasteiger partial charge >= 0.3 is 7.82 Å². The van der Waals surface area contributed by atoms with E-state index in [9.17, 15) is 19.4 Å². The quantitative estimate of drug-likeness (QED) is 0.0243. The summed E-state index contributed by atoms with van der Waals surface area (Å²) in [7, 11) is 1.55. The molecule has 3 atom stereocenters. The van der Waals surface area contributed by atoms with Crippen LogP contribution in [0.25, 0.3) is 0 Å². The first-order chi connectivity index (χ1) is 34.0. The molecule has 0 heterocycles. The molecule has 410 valence electrons. The maximum absolute atomic E-state index is 13.0. The van der Waals surface area contributed by atoms with E-state index in [0.29, 0.717) is 17.4 Å². The molecule has 0 rings (SSSR count). The fraction of sp³-hybridized carbons (Fsp3) is 0.820. The van der Waals surface area contributed by atoms with Crippen LogP contribution in [-0.2, 0) is 18.4 Å². The van der Waals surface area contributed by atoms with Crippen LogP contribution in [-0.4, -0.2) is 73.4 Å². The highest BCUT2D eigenvalue weighted by Crippen LogP contribution is 2.43. The summed E-state index contributed by atoms with van der Waals surface area (Å²) in [6.07, 6.45) is 70.5. The van der Waals surface area contributed by atoms with Gasteiger partial charge < -0.3 is 19.8 Å². The van der Waals surface area contributed by atoms with E-state index in [1.165, 1.54) is 199 Å². The molecule has 0 aromatic carbocycles. The largest absolute Gasteiger partial charge is 0.472 e. The van der Waals surface area contributed by atoms with Crippen molar-refractivity contribution in [3.05, 3.63) is 60.8 Å². The number of phosphoric acid groups is 1. The van der Waals surface area contributed by atoms with Crippen LogP contribution in [0.1, 0.15) is 271 Å². The third-order valence-corrected chi connectivity index (χ3v) is 14.2. The van der Waals surface area contributed by atoms with Gasteiger partial charge in [-0.05, 0) is 77.0 Å². The lowest BCUT2D eigenvalue weighted by Gasteiger charge is -2.25. The van der Waals surface area contributed by atoms with Crippen LogP contribution in [0.2, 0.25) is 0 Å². The first-order valence-electron chi connectivity index (χ1n) is 29.7. The smallest absolute Gasteiger partial charge is 0.387 e. The number of carbonyl (C=O) groups is 1. The number of quaternary nitrogens is 1. The Kier molecular flexibility index (Phi) is 50.7. The van der Waals surface area contributed by atoms with Gasteiger partial charge in [-0.15, -0.1) is 0 Å². The van der Waals surface area contributed by atoms with Crippen molar-refractivity contribution in [3.63, 3.8) is 0 Å². The van der Waals surface area contributed by atoms with Crippen molar-refractivity contribution < 1.29 is 32.9 Å². The minimum atomic E-state index is -4.36. The van der Waals surface area contributed by atoms with Gasteiger partial charge in [0.2, 0.25) is 5.91 Å². The number of hydrogen-bond donors (Lipinski definition) is 3. The summed E-state index contributed by atoms with van der Waals surface area (Å²) < 4.78 is 23.7. The number of nitrogens with one attached hydrogen (secondary N) is 1. The fourth-order valence-electron chi connectivity index (χ4n) is 8.52. The zero-order valence-electron chi connectivity index (χ0n) is 46.8. The van der Waals surface area contributed by atoms with Crippen molar-refractivity contribution >= 4 is 13.7 Å². The van der Waals surface area contributed by atoms with E-state index >= 15 is 0 Å². The van der Waals surface area contributed by atoms with Gasteiger partial charge in [-0.25, -0.2) is 4.57 Å². The van der Waals surface area contributed by atoms with Gasteiger partial charge in [0.25, 0.3) is 0 Å². The molecule has 0 aliphatic heterocycles. The number of hydrogen-bond acceptors (Lipinski definition) is 5. The van der Waals surface area contributed by atoms with E-state index < -0.39 is 20.0 Å². The van der Waals surface area contributed by atoms with Gasteiger partial charge in [0.1, 0.15) is 13.2 Å². The van der Waals surface area contributed by atoms with Crippen molar-refractivity contribution in [2.45, 2.75) is 283 Å². The number of aliphatic hydroxyl groups is 1. The van der Waals surface area contributed by atoms with E-state index in [0.717, 1.165) is 51.4 Å². The number of amides is 1. The molecule has 3 unspecified atom stereocenters. The molecule has 0 aliphatic rings.